The van der Waals surface area contributed by atoms with Gasteiger partial charge in [-0.2, -0.15) is 0 Å². The van der Waals surface area contributed by atoms with Crippen LogP contribution in [0.25, 0.3) is 0 Å². The molecule has 14 heavy (non-hydrogen) atoms. The molecule has 1 amide bonds. The predicted octanol–water partition coefficient (Wildman–Crippen LogP) is 0.897. The van der Waals surface area contributed by atoms with Crippen LogP contribution in [0.5, 0.6) is 0 Å². The number of halogens is 1. The molecule has 6 heteroatoms. The summed E-state index contributed by atoms with van der Waals surface area (Å²) in [6.45, 7) is 3.73. The van der Waals surface area contributed by atoms with Crippen molar-refractivity contribution >= 4 is 39.6 Å². The molecular weight excluding hydrogens is 270 g/mol. The number of carboxylic acid groups (broad SMARTS) is 1. The fraction of sp³-hybridized carbons (Fsp3) is 0.750. The van der Waals surface area contributed by atoms with Gasteiger partial charge in [-0.1, -0.05) is 15.9 Å². The van der Waals surface area contributed by atoms with Gasteiger partial charge >= 0.3 is 5.97 Å². The molecule has 1 N–H and O–H groups in total. The number of alkyl halides is 1. The van der Waals surface area contributed by atoms with Gasteiger partial charge in [0.05, 0.1) is 0 Å². The second kappa shape index (κ2) is 2.88. The van der Waals surface area contributed by atoms with Crippen molar-refractivity contribution in [1.29, 1.82) is 0 Å². The van der Waals surface area contributed by atoms with Crippen molar-refractivity contribution in [2.75, 3.05) is 0 Å². The van der Waals surface area contributed by atoms with Gasteiger partial charge in [-0.05, 0) is 13.8 Å². The topological polar surface area (TPSA) is 57.6 Å². The molecular formula is C8H10BrNO3S. The molecule has 2 saturated heterocycles. The lowest BCUT2D eigenvalue weighted by Gasteiger charge is -2.40. The van der Waals surface area contributed by atoms with E-state index < -0.39 is 16.8 Å². The molecule has 0 aliphatic carbocycles. The van der Waals surface area contributed by atoms with Crippen molar-refractivity contribution < 1.29 is 14.7 Å². The van der Waals surface area contributed by atoms with Gasteiger partial charge < -0.3 is 10.0 Å². The summed E-state index contributed by atoms with van der Waals surface area (Å²) in [5.41, 5.74) is 0. The van der Waals surface area contributed by atoms with E-state index in [1.807, 2.05) is 13.8 Å². The maximum Gasteiger partial charge on any atom is 0.327 e. The Bertz CT molecular complexity index is 320. The molecule has 2 unspecified atom stereocenters. The van der Waals surface area contributed by atoms with E-state index in [9.17, 15) is 9.59 Å². The Morgan fingerprint density at radius 2 is 2.21 bits per heavy atom. The van der Waals surface area contributed by atoms with Crippen molar-refractivity contribution in [3.8, 4) is 0 Å². The first-order chi connectivity index (χ1) is 6.36. The van der Waals surface area contributed by atoms with Crippen LogP contribution in [0.1, 0.15) is 13.8 Å². The van der Waals surface area contributed by atoms with E-state index in [4.69, 9.17) is 5.11 Å². The van der Waals surface area contributed by atoms with Crippen LogP contribution in [0.4, 0.5) is 0 Å². The minimum absolute atomic E-state index is 0.0152. The molecule has 2 fully saturated rings. The first-order valence-electron chi connectivity index (χ1n) is 4.23. The quantitative estimate of drug-likeness (QED) is 0.572. The summed E-state index contributed by atoms with van der Waals surface area (Å²) in [4.78, 5) is 23.7. The first kappa shape index (κ1) is 10.3. The fourth-order valence-electron chi connectivity index (χ4n) is 1.97. The van der Waals surface area contributed by atoms with Gasteiger partial charge in [-0.25, -0.2) is 4.79 Å². The molecule has 0 radical (unpaired) electrons. The highest BCUT2D eigenvalue weighted by Crippen LogP contribution is 2.52. The summed E-state index contributed by atoms with van der Waals surface area (Å²) in [6.07, 6.45) is 0. The maximum atomic E-state index is 11.4. The Morgan fingerprint density at radius 3 is 2.71 bits per heavy atom. The van der Waals surface area contributed by atoms with Crippen molar-refractivity contribution in [3.63, 3.8) is 0 Å². The molecule has 2 aliphatic heterocycles. The highest BCUT2D eigenvalue weighted by atomic mass is 79.9. The van der Waals surface area contributed by atoms with Crippen LogP contribution < -0.4 is 0 Å². The lowest BCUT2D eigenvalue weighted by atomic mass is 9.98. The van der Waals surface area contributed by atoms with Crippen LogP contribution in [0.15, 0.2) is 0 Å². The number of hydrogen-bond donors (Lipinski definition) is 1. The second-order valence-electron chi connectivity index (χ2n) is 4.00. The Hall–Kier alpha value is -0.230. The minimum Gasteiger partial charge on any atom is -0.480 e. The second-order valence-corrected chi connectivity index (χ2v) is 6.76. The molecule has 4 nitrogen and oxygen atoms in total. The molecule has 0 bridgehead atoms. The van der Waals surface area contributed by atoms with Crippen molar-refractivity contribution in [2.45, 2.75) is 34.8 Å². The number of thioether (sulfide) groups is 1. The zero-order valence-corrected chi connectivity index (χ0v) is 10.1. The number of carboxylic acids is 1. The molecule has 2 heterocycles. The van der Waals surface area contributed by atoms with Gasteiger partial charge in [0.1, 0.15) is 16.2 Å². The number of amides is 1. The van der Waals surface area contributed by atoms with Gasteiger partial charge in [-0.3, -0.25) is 4.79 Å². The van der Waals surface area contributed by atoms with E-state index in [0.717, 1.165) is 0 Å². The molecule has 0 saturated carbocycles. The summed E-state index contributed by atoms with van der Waals surface area (Å²) in [6, 6.07) is -0.696. The van der Waals surface area contributed by atoms with Gasteiger partial charge in [0.25, 0.3) is 0 Å². The lowest BCUT2D eigenvalue weighted by molar-refractivity contribution is -0.156. The van der Waals surface area contributed by atoms with Crippen molar-refractivity contribution in [1.82, 2.24) is 4.90 Å². The predicted molar refractivity (Wildman–Crippen MR) is 56.4 cm³/mol. The van der Waals surface area contributed by atoms with Gasteiger partial charge in [0, 0.05) is 4.75 Å². The van der Waals surface area contributed by atoms with E-state index in [2.05, 4.69) is 15.9 Å². The number of aliphatic carboxylic acids is 1. The third-order valence-corrected chi connectivity index (χ3v) is 5.42. The van der Waals surface area contributed by atoms with E-state index in [0.29, 0.717) is 0 Å². The average molecular weight is 280 g/mol. The largest absolute Gasteiger partial charge is 0.480 e. The highest BCUT2D eigenvalue weighted by Gasteiger charge is 2.62. The number of hydrogen-bond acceptors (Lipinski definition) is 3. The molecule has 0 aromatic heterocycles. The molecule has 3 atom stereocenters. The van der Waals surface area contributed by atoms with Crippen LogP contribution >= 0.6 is 27.7 Å². The van der Waals surface area contributed by atoms with Crippen LogP contribution in [0, 0.1) is 0 Å². The Kier molecular flexibility index (Phi) is 2.12. The third-order valence-electron chi connectivity index (χ3n) is 2.61. The number of nitrogens with zero attached hydrogens (tertiary/aromatic N) is 1. The molecule has 2 rings (SSSR count). The number of carbonyl (C=O) groups is 2. The average Bonchev–Trinajstić information content (AvgIpc) is 2.34. The van der Waals surface area contributed by atoms with Gasteiger partial charge in [0.2, 0.25) is 5.91 Å². The number of rotatable bonds is 1. The fourth-order valence-corrected chi connectivity index (χ4v) is 4.32. The van der Waals surface area contributed by atoms with E-state index in [-0.39, 0.29) is 16.1 Å². The number of fused-ring (bicyclic) bond motifs is 1. The van der Waals surface area contributed by atoms with Crippen LogP contribution in [0.3, 0.4) is 0 Å². The third kappa shape index (κ3) is 1.13. The number of carbonyl (C=O) groups excluding carboxylic acids is 1. The normalized spacial score (nSPS) is 39.2. The SMILES string of the molecule is CC1(C)S[C@@H]2C(Br)C(=O)N2C1C(=O)O. The Labute approximate surface area is 94.1 Å². The first-order valence-corrected chi connectivity index (χ1v) is 6.02. The Morgan fingerprint density at radius 1 is 1.64 bits per heavy atom. The highest BCUT2D eigenvalue weighted by molar-refractivity contribution is 9.10. The van der Waals surface area contributed by atoms with Crippen LogP contribution in [-0.4, -0.2) is 42.9 Å². The number of β-lactam (4-membered cyclic amide) rings is 1. The Balaban J connectivity index is 2.32. The minimum atomic E-state index is -0.919. The monoisotopic (exact) mass is 279 g/mol. The van der Waals surface area contributed by atoms with Crippen LogP contribution in [-0.2, 0) is 9.59 Å². The van der Waals surface area contributed by atoms with Gasteiger partial charge in [0.15, 0.2) is 0 Å². The van der Waals surface area contributed by atoms with Crippen molar-refractivity contribution in [3.05, 3.63) is 0 Å². The molecule has 0 spiro atoms. The van der Waals surface area contributed by atoms with E-state index in [1.54, 1.807) is 11.8 Å². The maximum absolute atomic E-state index is 11.4. The van der Waals surface area contributed by atoms with Crippen LogP contribution in [0.2, 0.25) is 0 Å². The molecule has 78 valence electrons. The molecule has 2 aliphatic rings. The van der Waals surface area contributed by atoms with E-state index >= 15 is 0 Å². The standard InChI is InChI=1S/C8H10BrNO3S/c1-8(2)4(7(12)13)10-5(11)3(9)6(10)14-8/h3-4,6H,1-2H3,(H,12,13)/t3?,4?,6-/m1/s1. The summed E-state index contributed by atoms with van der Waals surface area (Å²) >= 11 is 4.80. The zero-order valence-electron chi connectivity index (χ0n) is 7.73. The van der Waals surface area contributed by atoms with Gasteiger partial charge in [-0.15, -0.1) is 11.8 Å². The van der Waals surface area contributed by atoms with E-state index in [1.165, 1.54) is 4.90 Å². The summed E-state index contributed by atoms with van der Waals surface area (Å²) in [5, 5.41) is 9.04. The summed E-state index contributed by atoms with van der Waals surface area (Å²) in [7, 11) is 0. The van der Waals surface area contributed by atoms with Crippen molar-refractivity contribution in [2.24, 2.45) is 0 Å². The summed E-state index contributed by atoms with van der Waals surface area (Å²) in [5.74, 6) is -1.03. The smallest absolute Gasteiger partial charge is 0.327 e. The zero-order chi connectivity index (χ0) is 10.7. The molecule has 0 aromatic rings. The lowest BCUT2D eigenvalue weighted by Crippen LogP contribution is -2.63. The molecule has 0 aromatic carbocycles. The summed E-state index contributed by atoms with van der Waals surface area (Å²) < 4.78 is -0.408.